The fraction of sp³-hybridized carbons (Fsp3) is 0.636. The van der Waals surface area contributed by atoms with Crippen LogP contribution in [0.5, 0.6) is 0 Å². The van der Waals surface area contributed by atoms with E-state index in [2.05, 4.69) is 30.7 Å². The molecule has 1 aromatic rings. The normalized spacial score (nSPS) is 15.1. The number of rotatable bonds is 4. The van der Waals surface area contributed by atoms with Crippen molar-refractivity contribution in [2.24, 2.45) is 0 Å². The second-order valence-corrected chi connectivity index (χ2v) is 3.95. The van der Waals surface area contributed by atoms with E-state index in [1.807, 2.05) is 0 Å². The lowest BCUT2D eigenvalue weighted by molar-refractivity contribution is 0.403. The van der Waals surface area contributed by atoms with Gasteiger partial charge in [0.15, 0.2) is 0 Å². The fourth-order valence-corrected chi connectivity index (χ4v) is 1.83. The lowest BCUT2D eigenvalue weighted by Crippen LogP contribution is -2.24. The molecule has 2 N–H and O–H groups in total. The van der Waals surface area contributed by atoms with Crippen molar-refractivity contribution in [1.82, 2.24) is 9.97 Å². The third-order valence-corrected chi connectivity index (χ3v) is 2.88. The molecule has 0 amide bonds. The molecule has 3 heteroatoms. The summed E-state index contributed by atoms with van der Waals surface area (Å²) in [5.41, 5.74) is 6.86. The number of nitrogen functional groups attached to an aromatic ring is 1. The zero-order chi connectivity index (χ0) is 10.6. The lowest BCUT2D eigenvalue weighted by atomic mass is 9.79. The Kier molecular flexibility index (Phi) is 3.44. The van der Waals surface area contributed by atoms with Crippen molar-refractivity contribution in [2.45, 2.75) is 45.4 Å². The molecule has 0 saturated heterocycles. The van der Waals surface area contributed by atoms with Crippen LogP contribution in [0.3, 0.4) is 0 Å². The van der Waals surface area contributed by atoms with Crippen molar-refractivity contribution in [3.8, 4) is 0 Å². The highest BCUT2D eigenvalue weighted by molar-refractivity contribution is 5.38. The Morgan fingerprint density at radius 1 is 1.29 bits per heavy atom. The van der Waals surface area contributed by atoms with Gasteiger partial charge in [-0.15, -0.1) is 0 Å². The maximum atomic E-state index is 5.84. The van der Waals surface area contributed by atoms with Gasteiger partial charge in [0.05, 0.1) is 5.69 Å². The number of aromatic nitrogens is 2. The molecule has 0 radical (unpaired) electrons. The van der Waals surface area contributed by atoms with Gasteiger partial charge in [-0.05, 0) is 12.8 Å². The molecule has 14 heavy (non-hydrogen) atoms. The highest BCUT2D eigenvalue weighted by atomic mass is 14.9. The summed E-state index contributed by atoms with van der Waals surface area (Å²) in [5.74, 6) is 0.574. The average molecular weight is 193 g/mol. The van der Waals surface area contributed by atoms with Gasteiger partial charge in [-0.25, -0.2) is 4.98 Å². The van der Waals surface area contributed by atoms with Gasteiger partial charge >= 0.3 is 0 Å². The van der Waals surface area contributed by atoms with Gasteiger partial charge < -0.3 is 5.73 Å². The number of hydrogen-bond donors (Lipinski definition) is 1. The molecule has 3 nitrogen and oxygen atoms in total. The van der Waals surface area contributed by atoms with E-state index >= 15 is 0 Å². The van der Waals surface area contributed by atoms with Crippen molar-refractivity contribution in [3.05, 3.63) is 18.1 Å². The van der Waals surface area contributed by atoms with Gasteiger partial charge in [0.25, 0.3) is 0 Å². The van der Waals surface area contributed by atoms with Crippen LogP contribution < -0.4 is 5.73 Å². The summed E-state index contributed by atoms with van der Waals surface area (Å²) in [6, 6.07) is 0. The largest absolute Gasteiger partial charge is 0.382 e. The standard InChI is InChI=1S/C11H19N3/c1-4-6-11(3,5-2)9-10(12)14-8-7-13-9/h7-8H,4-6H2,1-3H3,(H2,12,14). The average Bonchev–Trinajstić information content (AvgIpc) is 2.18. The van der Waals surface area contributed by atoms with Gasteiger partial charge in [-0.2, -0.15) is 0 Å². The quantitative estimate of drug-likeness (QED) is 0.799. The molecule has 0 bridgehead atoms. The van der Waals surface area contributed by atoms with Gasteiger partial charge in [0.2, 0.25) is 0 Å². The summed E-state index contributed by atoms with van der Waals surface area (Å²) in [6.07, 6.45) is 6.65. The molecule has 1 unspecified atom stereocenters. The minimum atomic E-state index is 0.0765. The molecule has 1 aromatic heterocycles. The molecule has 1 rings (SSSR count). The maximum absolute atomic E-state index is 5.84. The summed E-state index contributed by atoms with van der Waals surface area (Å²) in [5, 5.41) is 0. The first-order chi connectivity index (χ1) is 6.64. The Labute approximate surface area is 85.8 Å². The van der Waals surface area contributed by atoms with Gasteiger partial charge in [-0.3, -0.25) is 4.98 Å². The second kappa shape index (κ2) is 4.40. The van der Waals surface area contributed by atoms with Gasteiger partial charge in [0, 0.05) is 17.8 Å². The van der Waals surface area contributed by atoms with E-state index in [1.54, 1.807) is 12.4 Å². The van der Waals surface area contributed by atoms with Crippen LogP contribution in [0.15, 0.2) is 12.4 Å². The van der Waals surface area contributed by atoms with E-state index < -0.39 is 0 Å². The van der Waals surface area contributed by atoms with E-state index in [4.69, 9.17) is 5.73 Å². The van der Waals surface area contributed by atoms with Crippen LogP contribution in [0.2, 0.25) is 0 Å². The van der Waals surface area contributed by atoms with Crippen molar-refractivity contribution in [1.29, 1.82) is 0 Å². The molecule has 1 atom stereocenters. The van der Waals surface area contributed by atoms with E-state index in [1.165, 1.54) is 0 Å². The summed E-state index contributed by atoms with van der Waals surface area (Å²) in [7, 11) is 0. The molecule has 0 fully saturated rings. The predicted octanol–water partition coefficient (Wildman–Crippen LogP) is 2.53. The molecular weight excluding hydrogens is 174 g/mol. The summed E-state index contributed by atoms with van der Waals surface area (Å²) < 4.78 is 0. The Hall–Kier alpha value is -1.12. The molecule has 0 aliphatic carbocycles. The SMILES string of the molecule is CCCC(C)(CC)c1nccnc1N. The molecule has 0 saturated carbocycles. The van der Waals surface area contributed by atoms with Crippen molar-refractivity contribution >= 4 is 5.82 Å². The van der Waals surface area contributed by atoms with Crippen LogP contribution >= 0.6 is 0 Å². The van der Waals surface area contributed by atoms with Crippen LogP contribution in [-0.4, -0.2) is 9.97 Å². The van der Waals surface area contributed by atoms with Crippen LogP contribution in [0.4, 0.5) is 5.82 Å². The summed E-state index contributed by atoms with van der Waals surface area (Å²) >= 11 is 0. The minimum absolute atomic E-state index is 0.0765. The van der Waals surface area contributed by atoms with Crippen LogP contribution in [0, 0.1) is 0 Å². The van der Waals surface area contributed by atoms with E-state index in [-0.39, 0.29) is 5.41 Å². The molecular formula is C11H19N3. The Bertz CT molecular complexity index is 298. The summed E-state index contributed by atoms with van der Waals surface area (Å²) in [4.78, 5) is 8.44. The maximum Gasteiger partial charge on any atom is 0.145 e. The first kappa shape index (κ1) is 11.0. The number of hydrogen-bond acceptors (Lipinski definition) is 3. The molecule has 0 aromatic carbocycles. The molecule has 78 valence electrons. The van der Waals surface area contributed by atoms with Crippen LogP contribution in [0.25, 0.3) is 0 Å². The second-order valence-electron chi connectivity index (χ2n) is 3.95. The molecule has 1 heterocycles. The number of nitrogens with zero attached hydrogens (tertiary/aromatic N) is 2. The van der Waals surface area contributed by atoms with Crippen LogP contribution in [-0.2, 0) is 5.41 Å². The van der Waals surface area contributed by atoms with Crippen molar-refractivity contribution in [3.63, 3.8) is 0 Å². The third kappa shape index (κ3) is 2.03. The molecule has 0 spiro atoms. The van der Waals surface area contributed by atoms with Gasteiger partial charge in [0.1, 0.15) is 5.82 Å². The molecule has 0 aliphatic heterocycles. The Balaban J connectivity index is 3.05. The van der Waals surface area contributed by atoms with Crippen LogP contribution in [0.1, 0.15) is 45.7 Å². The predicted molar refractivity (Wildman–Crippen MR) is 59.0 cm³/mol. The summed E-state index contributed by atoms with van der Waals surface area (Å²) in [6.45, 7) is 6.56. The highest BCUT2D eigenvalue weighted by Gasteiger charge is 2.27. The zero-order valence-electron chi connectivity index (χ0n) is 9.25. The zero-order valence-corrected chi connectivity index (χ0v) is 9.25. The number of anilines is 1. The molecule has 0 aliphatic rings. The van der Waals surface area contributed by atoms with E-state index in [9.17, 15) is 0 Å². The first-order valence-corrected chi connectivity index (χ1v) is 5.21. The first-order valence-electron chi connectivity index (χ1n) is 5.21. The number of nitrogens with two attached hydrogens (primary N) is 1. The fourth-order valence-electron chi connectivity index (χ4n) is 1.83. The lowest BCUT2D eigenvalue weighted by Gasteiger charge is -2.27. The third-order valence-electron chi connectivity index (χ3n) is 2.88. The smallest absolute Gasteiger partial charge is 0.145 e. The van der Waals surface area contributed by atoms with Gasteiger partial charge in [-0.1, -0.05) is 27.2 Å². The minimum Gasteiger partial charge on any atom is -0.382 e. The van der Waals surface area contributed by atoms with E-state index in [0.29, 0.717) is 5.82 Å². The Morgan fingerprint density at radius 2 is 1.93 bits per heavy atom. The highest BCUT2D eigenvalue weighted by Crippen LogP contribution is 2.33. The Morgan fingerprint density at radius 3 is 2.43 bits per heavy atom. The monoisotopic (exact) mass is 193 g/mol. The van der Waals surface area contributed by atoms with Crippen molar-refractivity contribution < 1.29 is 0 Å². The van der Waals surface area contributed by atoms with Crippen molar-refractivity contribution in [2.75, 3.05) is 5.73 Å². The van der Waals surface area contributed by atoms with E-state index in [0.717, 1.165) is 25.0 Å². The topological polar surface area (TPSA) is 51.8 Å².